The summed E-state index contributed by atoms with van der Waals surface area (Å²) in [6.45, 7) is 0. The van der Waals surface area contributed by atoms with Gasteiger partial charge < -0.3 is 15.4 Å². The highest BCUT2D eigenvalue weighted by Crippen LogP contribution is 2.31. The number of methoxy groups -OCH3 is 1. The van der Waals surface area contributed by atoms with Gasteiger partial charge in [-0.3, -0.25) is 0 Å². The molecule has 1 aliphatic rings. The van der Waals surface area contributed by atoms with Crippen molar-refractivity contribution in [3.63, 3.8) is 0 Å². The fourth-order valence-corrected chi connectivity index (χ4v) is 2.97. The molecular weight excluding hydrogens is 300 g/mol. The zero-order valence-corrected chi connectivity index (χ0v) is 13.0. The normalized spacial score (nSPS) is 16.0. The molecule has 114 valence electrons. The summed E-state index contributed by atoms with van der Waals surface area (Å²) in [6, 6.07) is 13.1. The third-order valence-corrected chi connectivity index (χ3v) is 4.08. The summed E-state index contributed by atoms with van der Waals surface area (Å²) in [4.78, 5) is 12.2. The Balaban J connectivity index is 1.70. The summed E-state index contributed by atoms with van der Waals surface area (Å²) >= 11 is 5.97. The molecule has 1 aliphatic carbocycles. The fraction of sp³-hybridized carbons (Fsp3) is 0.235. The number of hydrogen-bond acceptors (Lipinski definition) is 2. The predicted octanol–water partition coefficient (Wildman–Crippen LogP) is 4.16. The van der Waals surface area contributed by atoms with E-state index in [0.717, 1.165) is 12.8 Å². The molecular formula is C17H17ClN2O2. The number of nitrogens with one attached hydrogen (secondary N) is 2. The maximum Gasteiger partial charge on any atom is 0.319 e. The van der Waals surface area contributed by atoms with Gasteiger partial charge >= 0.3 is 6.03 Å². The highest BCUT2D eigenvalue weighted by atomic mass is 35.5. The van der Waals surface area contributed by atoms with Gasteiger partial charge in [0.15, 0.2) is 0 Å². The van der Waals surface area contributed by atoms with E-state index in [1.165, 1.54) is 11.1 Å². The fourth-order valence-electron chi connectivity index (χ4n) is 2.80. The molecule has 1 atom stereocenters. The van der Waals surface area contributed by atoms with Gasteiger partial charge in [0, 0.05) is 5.02 Å². The van der Waals surface area contributed by atoms with Gasteiger partial charge in [-0.25, -0.2) is 4.79 Å². The molecule has 0 bridgehead atoms. The molecule has 2 aromatic rings. The first-order valence-corrected chi connectivity index (χ1v) is 7.54. The largest absolute Gasteiger partial charge is 0.495 e. The lowest BCUT2D eigenvalue weighted by Gasteiger charge is -2.16. The minimum Gasteiger partial charge on any atom is -0.495 e. The monoisotopic (exact) mass is 316 g/mol. The summed E-state index contributed by atoms with van der Waals surface area (Å²) in [5, 5.41) is 6.35. The molecule has 22 heavy (non-hydrogen) atoms. The van der Waals surface area contributed by atoms with Crippen LogP contribution in [0, 0.1) is 0 Å². The molecule has 0 fully saturated rings. The zero-order valence-electron chi connectivity index (χ0n) is 12.2. The molecule has 2 amide bonds. The smallest absolute Gasteiger partial charge is 0.319 e. The Morgan fingerprint density at radius 2 is 2.09 bits per heavy atom. The Morgan fingerprint density at radius 1 is 1.27 bits per heavy atom. The molecule has 2 N–H and O–H groups in total. The molecule has 0 aromatic heterocycles. The van der Waals surface area contributed by atoms with Crippen LogP contribution in [0.25, 0.3) is 0 Å². The highest BCUT2D eigenvalue weighted by Gasteiger charge is 2.23. The average Bonchev–Trinajstić information content (AvgIpc) is 2.91. The van der Waals surface area contributed by atoms with Crippen LogP contribution in [0.15, 0.2) is 42.5 Å². The van der Waals surface area contributed by atoms with E-state index in [-0.39, 0.29) is 12.1 Å². The third kappa shape index (κ3) is 3.02. The van der Waals surface area contributed by atoms with Crippen LogP contribution in [0.4, 0.5) is 10.5 Å². The van der Waals surface area contributed by atoms with Crippen LogP contribution in [0.2, 0.25) is 5.02 Å². The number of carbonyl (C=O) groups is 1. The van der Waals surface area contributed by atoms with Crippen molar-refractivity contribution >= 4 is 23.3 Å². The van der Waals surface area contributed by atoms with Crippen LogP contribution in [-0.2, 0) is 6.42 Å². The summed E-state index contributed by atoms with van der Waals surface area (Å²) in [7, 11) is 1.56. The summed E-state index contributed by atoms with van der Waals surface area (Å²) in [6.07, 6.45) is 1.90. The first-order chi connectivity index (χ1) is 10.7. The number of ether oxygens (including phenoxy) is 1. The van der Waals surface area contributed by atoms with Gasteiger partial charge in [0.05, 0.1) is 18.8 Å². The van der Waals surface area contributed by atoms with E-state index in [9.17, 15) is 4.79 Å². The minimum atomic E-state index is -0.262. The third-order valence-electron chi connectivity index (χ3n) is 3.85. The first kappa shape index (κ1) is 14.7. The van der Waals surface area contributed by atoms with Crippen LogP contribution in [0.1, 0.15) is 23.6 Å². The van der Waals surface area contributed by atoms with Gasteiger partial charge in [0.1, 0.15) is 5.75 Å². The van der Waals surface area contributed by atoms with Crippen molar-refractivity contribution in [1.29, 1.82) is 0 Å². The molecule has 2 aromatic carbocycles. The van der Waals surface area contributed by atoms with Crippen LogP contribution in [0.3, 0.4) is 0 Å². The molecule has 5 heteroatoms. The maximum atomic E-state index is 12.2. The first-order valence-electron chi connectivity index (χ1n) is 7.16. The summed E-state index contributed by atoms with van der Waals surface area (Å²) in [5.74, 6) is 0.575. The number of benzene rings is 2. The second-order valence-corrected chi connectivity index (χ2v) is 5.67. The van der Waals surface area contributed by atoms with E-state index in [4.69, 9.17) is 16.3 Å². The molecule has 1 unspecified atom stereocenters. The number of carbonyl (C=O) groups excluding carboxylic acids is 1. The maximum absolute atomic E-state index is 12.2. The van der Waals surface area contributed by atoms with Crippen LogP contribution in [0.5, 0.6) is 5.75 Å². The van der Waals surface area contributed by atoms with Crippen molar-refractivity contribution in [3.05, 3.63) is 58.6 Å². The predicted molar refractivity (Wildman–Crippen MR) is 87.7 cm³/mol. The van der Waals surface area contributed by atoms with Crippen molar-refractivity contribution in [2.75, 3.05) is 12.4 Å². The van der Waals surface area contributed by atoms with Crippen molar-refractivity contribution in [1.82, 2.24) is 5.32 Å². The number of rotatable bonds is 3. The lowest BCUT2D eigenvalue weighted by molar-refractivity contribution is 0.248. The SMILES string of the molecule is COc1ccc(Cl)cc1NC(=O)NC1CCc2ccccc21. The number of anilines is 1. The van der Waals surface area contributed by atoms with E-state index < -0.39 is 0 Å². The van der Waals surface area contributed by atoms with Crippen molar-refractivity contribution < 1.29 is 9.53 Å². The molecule has 3 rings (SSSR count). The number of aryl methyl sites for hydroxylation is 1. The highest BCUT2D eigenvalue weighted by molar-refractivity contribution is 6.31. The average molecular weight is 317 g/mol. The Hall–Kier alpha value is -2.20. The van der Waals surface area contributed by atoms with Gasteiger partial charge in [-0.15, -0.1) is 0 Å². The number of urea groups is 1. The van der Waals surface area contributed by atoms with E-state index in [2.05, 4.69) is 22.8 Å². The Morgan fingerprint density at radius 3 is 2.91 bits per heavy atom. The van der Waals surface area contributed by atoms with E-state index in [0.29, 0.717) is 16.5 Å². The van der Waals surface area contributed by atoms with Crippen molar-refractivity contribution in [2.45, 2.75) is 18.9 Å². The molecule has 0 saturated heterocycles. The van der Waals surface area contributed by atoms with Crippen LogP contribution >= 0.6 is 11.6 Å². The number of amides is 2. The Labute approximate surface area is 134 Å². The molecule has 4 nitrogen and oxygen atoms in total. The standard InChI is InChI=1S/C17H17ClN2O2/c1-22-16-9-7-12(18)10-15(16)20-17(21)19-14-8-6-11-4-2-3-5-13(11)14/h2-5,7,9-10,14H,6,8H2,1H3,(H2,19,20,21). The zero-order chi connectivity index (χ0) is 15.5. The van der Waals surface area contributed by atoms with Gasteiger partial charge in [-0.05, 0) is 42.2 Å². The Bertz CT molecular complexity index is 703. The van der Waals surface area contributed by atoms with Crippen LogP contribution in [-0.4, -0.2) is 13.1 Å². The van der Waals surface area contributed by atoms with Crippen molar-refractivity contribution in [3.8, 4) is 5.75 Å². The number of hydrogen-bond donors (Lipinski definition) is 2. The number of fused-ring (bicyclic) bond motifs is 1. The second-order valence-electron chi connectivity index (χ2n) is 5.23. The van der Waals surface area contributed by atoms with Crippen molar-refractivity contribution in [2.24, 2.45) is 0 Å². The number of halogens is 1. The van der Waals surface area contributed by atoms with Gasteiger partial charge in [0.2, 0.25) is 0 Å². The minimum absolute atomic E-state index is 0.0429. The molecule has 0 saturated carbocycles. The van der Waals surface area contributed by atoms with E-state index in [1.807, 2.05) is 12.1 Å². The summed E-state index contributed by atoms with van der Waals surface area (Å²) in [5.41, 5.74) is 3.04. The Kier molecular flexibility index (Phi) is 4.20. The van der Waals surface area contributed by atoms with E-state index in [1.54, 1.807) is 25.3 Å². The van der Waals surface area contributed by atoms with Gasteiger partial charge in [0.25, 0.3) is 0 Å². The molecule has 0 heterocycles. The van der Waals surface area contributed by atoms with E-state index >= 15 is 0 Å². The van der Waals surface area contributed by atoms with Gasteiger partial charge in [-0.1, -0.05) is 35.9 Å². The molecule has 0 radical (unpaired) electrons. The van der Waals surface area contributed by atoms with Crippen LogP contribution < -0.4 is 15.4 Å². The summed E-state index contributed by atoms with van der Waals surface area (Å²) < 4.78 is 5.23. The molecule has 0 spiro atoms. The second kappa shape index (κ2) is 6.28. The van der Waals surface area contributed by atoms with Gasteiger partial charge in [-0.2, -0.15) is 0 Å². The topological polar surface area (TPSA) is 50.4 Å². The quantitative estimate of drug-likeness (QED) is 0.893. The lowest BCUT2D eigenvalue weighted by Crippen LogP contribution is -2.31. The lowest BCUT2D eigenvalue weighted by atomic mass is 10.1. The molecule has 0 aliphatic heterocycles.